The molecule has 2 N–H and O–H groups in total. The van der Waals surface area contributed by atoms with Gasteiger partial charge in [-0.25, -0.2) is 0 Å². The van der Waals surface area contributed by atoms with Crippen molar-refractivity contribution in [3.05, 3.63) is 83.8 Å². The normalized spacial score (nSPS) is 14.1. The van der Waals surface area contributed by atoms with Gasteiger partial charge in [0, 0.05) is 23.2 Å². The highest BCUT2D eigenvalue weighted by molar-refractivity contribution is 5.89. The number of carbonyl (C=O) groups is 1. The van der Waals surface area contributed by atoms with Crippen molar-refractivity contribution < 1.29 is 19.1 Å². The minimum Gasteiger partial charge on any atom is -0.472 e. The second kappa shape index (κ2) is 6.45. The lowest BCUT2D eigenvalue weighted by Gasteiger charge is -2.27. The molecule has 0 bridgehead atoms. The van der Waals surface area contributed by atoms with Gasteiger partial charge in [0.2, 0.25) is 5.91 Å². The van der Waals surface area contributed by atoms with Crippen LogP contribution in [-0.4, -0.2) is 17.6 Å². The third-order valence-electron chi connectivity index (χ3n) is 4.34. The zero-order valence-electron chi connectivity index (χ0n) is 13.4. The minimum atomic E-state index is -0.812. The lowest BCUT2D eigenvalue weighted by Crippen LogP contribution is -2.34. The van der Waals surface area contributed by atoms with E-state index in [-0.39, 0.29) is 12.5 Å². The summed E-state index contributed by atoms with van der Waals surface area (Å²) in [4.78, 5) is 12.9. The number of ether oxygens (including phenoxy) is 1. The average molecular weight is 335 g/mol. The van der Waals surface area contributed by atoms with Crippen LogP contribution >= 0.6 is 0 Å². The van der Waals surface area contributed by atoms with Gasteiger partial charge in [-0.3, -0.25) is 4.79 Å². The number of aliphatic hydroxyl groups excluding tert-OH is 1. The lowest BCUT2D eigenvalue weighted by molar-refractivity contribution is -0.122. The number of para-hydroxylation sites is 2. The number of fused-ring (bicyclic) bond motifs is 2. The fraction of sp³-hybridized carbons (Fsp3) is 0.150. The third-order valence-corrected chi connectivity index (χ3v) is 4.34. The number of rotatable bonds is 4. The molecule has 0 saturated carbocycles. The Balaban J connectivity index is 1.60. The maximum absolute atomic E-state index is 12.9. The van der Waals surface area contributed by atoms with Crippen molar-refractivity contribution in [1.29, 1.82) is 0 Å². The molecule has 5 heteroatoms. The van der Waals surface area contributed by atoms with Crippen LogP contribution in [0.5, 0.6) is 11.5 Å². The van der Waals surface area contributed by atoms with E-state index in [2.05, 4.69) is 5.32 Å². The molecule has 1 atom stereocenters. The summed E-state index contributed by atoms with van der Waals surface area (Å²) < 4.78 is 10.9. The number of carbonyl (C=O) groups excluding carboxylic acids is 1. The topological polar surface area (TPSA) is 71.7 Å². The molecule has 0 unspecified atom stereocenters. The summed E-state index contributed by atoms with van der Waals surface area (Å²) in [5.41, 5.74) is 2.26. The van der Waals surface area contributed by atoms with Gasteiger partial charge in [0.05, 0.1) is 24.5 Å². The summed E-state index contributed by atoms with van der Waals surface area (Å²) in [6, 6.07) is 16.7. The molecule has 0 radical (unpaired) electrons. The predicted molar refractivity (Wildman–Crippen MR) is 91.5 cm³/mol. The van der Waals surface area contributed by atoms with Gasteiger partial charge >= 0.3 is 0 Å². The van der Waals surface area contributed by atoms with E-state index in [4.69, 9.17) is 9.15 Å². The van der Waals surface area contributed by atoms with Gasteiger partial charge in [0.25, 0.3) is 0 Å². The molecule has 25 heavy (non-hydrogen) atoms. The van der Waals surface area contributed by atoms with Gasteiger partial charge in [-0.2, -0.15) is 0 Å². The lowest BCUT2D eigenvalue weighted by atomic mass is 9.87. The number of hydrogen-bond acceptors (Lipinski definition) is 4. The first-order valence-corrected chi connectivity index (χ1v) is 8.07. The first kappa shape index (κ1) is 15.5. The third kappa shape index (κ3) is 2.90. The summed E-state index contributed by atoms with van der Waals surface area (Å²) in [6.45, 7) is 0.111. The standard InChI is InChI=1S/C20H17NO4/c22-16(13-9-10-24-12-13)11-21-20(23)19-14-5-1-3-7-17(14)25-18-8-4-2-6-15(18)19/h1-10,12,16,19,22H,11H2,(H,21,23)/t16-/m0/s1. The molecule has 0 spiro atoms. The first-order chi connectivity index (χ1) is 12.2. The van der Waals surface area contributed by atoms with Gasteiger partial charge in [-0.05, 0) is 18.2 Å². The van der Waals surface area contributed by atoms with Gasteiger partial charge in [-0.1, -0.05) is 36.4 Å². The quantitative estimate of drug-likeness (QED) is 0.767. The molecule has 3 aromatic rings. The van der Waals surface area contributed by atoms with Gasteiger partial charge in [0.15, 0.2) is 0 Å². The smallest absolute Gasteiger partial charge is 0.232 e. The van der Waals surface area contributed by atoms with Crippen LogP contribution in [0.25, 0.3) is 0 Å². The van der Waals surface area contributed by atoms with Crippen molar-refractivity contribution in [1.82, 2.24) is 5.32 Å². The van der Waals surface area contributed by atoms with Crippen molar-refractivity contribution in [3.8, 4) is 11.5 Å². The molecular formula is C20H17NO4. The predicted octanol–water partition coefficient (Wildman–Crippen LogP) is 3.37. The number of hydrogen-bond donors (Lipinski definition) is 2. The van der Waals surface area contributed by atoms with E-state index in [1.165, 1.54) is 12.5 Å². The fourth-order valence-corrected chi connectivity index (χ4v) is 3.07. The van der Waals surface area contributed by atoms with Crippen LogP contribution in [0, 0.1) is 0 Å². The number of nitrogens with one attached hydrogen (secondary N) is 1. The molecule has 1 amide bonds. The molecule has 0 aliphatic carbocycles. The van der Waals surface area contributed by atoms with Crippen molar-refractivity contribution in [2.75, 3.05) is 6.54 Å². The summed E-state index contributed by atoms with van der Waals surface area (Å²) in [5.74, 6) is 0.705. The van der Waals surface area contributed by atoms with Crippen LogP contribution in [0.4, 0.5) is 0 Å². The first-order valence-electron chi connectivity index (χ1n) is 8.07. The molecule has 5 nitrogen and oxygen atoms in total. The Kier molecular flexibility index (Phi) is 3.99. The van der Waals surface area contributed by atoms with E-state index < -0.39 is 12.0 Å². The second-order valence-electron chi connectivity index (χ2n) is 5.93. The maximum atomic E-state index is 12.9. The van der Waals surface area contributed by atoms with Crippen molar-refractivity contribution in [3.63, 3.8) is 0 Å². The molecule has 0 saturated heterocycles. The summed E-state index contributed by atoms with van der Waals surface area (Å²) in [6.07, 6.45) is 2.15. The number of furan rings is 1. The Bertz CT molecular complexity index is 843. The Morgan fingerprint density at radius 2 is 1.68 bits per heavy atom. The van der Waals surface area contributed by atoms with Crippen molar-refractivity contribution in [2.45, 2.75) is 12.0 Å². The van der Waals surface area contributed by atoms with E-state index in [9.17, 15) is 9.90 Å². The summed E-state index contributed by atoms with van der Waals surface area (Å²) >= 11 is 0. The monoisotopic (exact) mass is 335 g/mol. The molecule has 2 heterocycles. The second-order valence-corrected chi connectivity index (χ2v) is 5.93. The minimum absolute atomic E-state index is 0.111. The van der Waals surface area contributed by atoms with Crippen LogP contribution < -0.4 is 10.1 Å². The highest BCUT2D eigenvalue weighted by Crippen LogP contribution is 2.43. The molecule has 1 aromatic heterocycles. The van der Waals surface area contributed by atoms with Crippen LogP contribution in [0.2, 0.25) is 0 Å². The largest absolute Gasteiger partial charge is 0.472 e. The van der Waals surface area contributed by atoms with Gasteiger partial charge in [-0.15, -0.1) is 0 Å². The maximum Gasteiger partial charge on any atom is 0.232 e. The molecule has 1 aliphatic rings. The van der Waals surface area contributed by atoms with Crippen LogP contribution in [0.3, 0.4) is 0 Å². The van der Waals surface area contributed by atoms with E-state index in [0.29, 0.717) is 17.1 Å². The van der Waals surface area contributed by atoms with Crippen molar-refractivity contribution in [2.24, 2.45) is 0 Å². The van der Waals surface area contributed by atoms with Crippen LogP contribution in [0.15, 0.2) is 71.5 Å². The number of amides is 1. The number of aliphatic hydroxyl groups is 1. The SMILES string of the molecule is O=C(NC[C@H](O)c1ccoc1)C1c2ccccc2Oc2ccccc21. The molecular weight excluding hydrogens is 318 g/mol. The summed E-state index contributed by atoms with van der Waals surface area (Å²) in [7, 11) is 0. The van der Waals surface area contributed by atoms with Gasteiger partial charge in [0.1, 0.15) is 11.5 Å². The molecule has 0 fully saturated rings. The van der Waals surface area contributed by atoms with E-state index in [1.807, 2.05) is 48.5 Å². The molecule has 1 aliphatic heterocycles. The van der Waals surface area contributed by atoms with E-state index in [0.717, 1.165) is 11.1 Å². The fourth-order valence-electron chi connectivity index (χ4n) is 3.07. The Labute approximate surface area is 144 Å². The zero-order chi connectivity index (χ0) is 17.2. The summed E-state index contributed by atoms with van der Waals surface area (Å²) in [5, 5.41) is 13.0. The van der Waals surface area contributed by atoms with E-state index in [1.54, 1.807) is 6.07 Å². The number of benzene rings is 2. The zero-order valence-corrected chi connectivity index (χ0v) is 13.4. The Morgan fingerprint density at radius 3 is 2.28 bits per heavy atom. The molecule has 2 aromatic carbocycles. The molecule has 126 valence electrons. The highest BCUT2D eigenvalue weighted by atomic mass is 16.5. The van der Waals surface area contributed by atoms with Crippen molar-refractivity contribution >= 4 is 5.91 Å². The Morgan fingerprint density at radius 1 is 1.04 bits per heavy atom. The molecule has 4 rings (SSSR count). The van der Waals surface area contributed by atoms with Gasteiger partial charge < -0.3 is 19.6 Å². The Hall–Kier alpha value is -3.05. The van der Waals surface area contributed by atoms with Crippen LogP contribution in [-0.2, 0) is 4.79 Å². The van der Waals surface area contributed by atoms with Crippen LogP contribution in [0.1, 0.15) is 28.7 Å². The highest BCUT2D eigenvalue weighted by Gasteiger charge is 2.32. The van der Waals surface area contributed by atoms with E-state index >= 15 is 0 Å². The average Bonchev–Trinajstić information content (AvgIpc) is 3.18.